The molecule has 5 heterocycles. The van der Waals surface area contributed by atoms with E-state index in [2.05, 4.69) is 135 Å². The normalized spacial score (nSPS) is 16.9. The second kappa shape index (κ2) is 18.1. The van der Waals surface area contributed by atoms with Crippen LogP contribution in [-0.4, -0.2) is 84.6 Å². The summed E-state index contributed by atoms with van der Waals surface area (Å²) in [4.78, 5) is 19.2. The highest BCUT2D eigenvalue weighted by Crippen LogP contribution is 2.38. The van der Waals surface area contributed by atoms with Gasteiger partial charge in [0.15, 0.2) is 5.82 Å². The quantitative estimate of drug-likeness (QED) is 0.102. The Morgan fingerprint density at radius 2 is 1.76 bits per heavy atom. The van der Waals surface area contributed by atoms with E-state index in [1.165, 1.54) is 22.2 Å². The average Bonchev–Trinajstić information content (AvgIpc) is 3.58. The predicted octanol–water partition coefficient (Wildman–Crippen LogP) is 8.79. The minimum absolute atomic E-state index is 0.326. The summed E-state index contributed by atoms with van der Waals surface area (Å²) >= 11 is 6.67. The Kier molecular flexibility index (Phi) is 12.8. The number of piperidine rings is 1. The Morgan fingerprint density at radius 1 is 0.983 bits per heavy atom. The fourth-order valence-electron chi connectivity index (χ4n) is 8.61. The van der Waals surface area contributed by atoms with E-state index < -0.39 is 0 Å². The third-order valence-electron chi connectivity index (χ3n) is 12.2. The van der Waals surface area contributed by atoms with Crippen LogP contribution in [0.25, 0.3) is 17.0 Å². The lowest BCUT2D eigenvalue weighted by Gasteiger charge is -2.39. The molecule has 11 nitrogen and oxygen atoms in total. The summed E-state index contributed by atoms with van der Waals surface area (Å²) < 4.78 is 2.08. The lowest BCUT2D eigenvalue weighted by molar-refractivity contribution is 0.201. The van der Waals surface area contributed by atoms with E-state index in [1.54, 1.807) is 12.4 Å². The molecule has 2 aromatic carbocycles. The molecule has 2 saturated heterocycles. The Labute approximate surface area is 349 Å². The summed E-state index contributed by atoms with van der Waals surface area (Å²) in [6.45, 7) is 25.7. The second-order valence-electron chi connectivity index (χ2n) is 16.1. The van der Waals surface area contributed by atoms with Gasteiger partial charge in [0.05, 0.1) is 23.1 Å². The van der Waals surface area contributed by atoms with Gasteiger partial charge in [-0.05, 0) is 86.6 Å². The number of piperazine rings is 1. The Bertz CT molecular complexity index is 2190. The fraction of sp³-hybridized carbons (Fsp3) is 0.413. The molecule has 0 bridgehead atoms. The fourth-order valence-corrected chi connectivity index (χ4v) is 8.74. The molecule has 2 aromatic heterocycles. The lowest BCUT2D eigenvalue weighted by atomic mass is 9.96. The van der Waals surface area contributed by atoms with Gasteiger partial charge in [0, 0.05) is 112 Å². The largest absolute Gasteiger partial charge is 0.392 e. The first-order chi connectivity index (χ1) is 28.0. The van der Waals surface area contributed by atoms with Crippen LogP contribution in [0.1, 0.15) is 62.6 Å². The van der Waals surface area contributed by atoms with E-state index in [9.17, 15) is 0 Å². The van der Waals surface area contributed by atoms with Crippen LogP contribution in [0.3, 0.4) is 0 Å². The van der Waals surface area contributed by atoms with Crippen molar-refractivity contribution in [3.8, 4) is 0 Å². The Hall–Kier alpha value is -5.26. The van der Waals surface area contributed by atoms with Crippen molar-refractivity contribution < 1.29 is 0 Å². The molecule has 4 aromatic rings. The van der Waals surface area contributed by atoms with Crippen molar-refractivity contribution in [2.75, 3.05) is 79.9 Å². The second-order valence-corrected chi connectivity index (χ2v) is 16.5. The molecule has 3 aliphatic heterocycles. The molecule has 7 rings (SSSR count). The summed E-state index contributed by atoms with van der Waals surface area (Å²) in [5.41, 5.74) is 11.1. The standard InChI is InChI=1S/C46H60ClN11/c1-9-49-33(4)14-13-31(2)43-39-11-10-12-42(44(39)55(8)53-43)57-25-23-56(24-26-57)30-35-19-21-58(22-20-35)46-50-29-40(47)45(52-46)51-38-17-18-41-37(28-38)27-36(34(5)54(41)7)16-15-32(3)48-6/h9-12,17-18,27-29,31,35,48-49H,1,3-5,13-16,19-26,30H2,2,6-8H3,(H,50,51,52). The number of para-hydroxylation sites is 1. The van der Waals surface area contributed by atoms with Crippen LogP contribution in [0.4, 0.5) is 28.8 Å². The number of benzene rings is 2. The predicted molar refractivity (Wildman–Crippen MR) is 244 cm³/mol. The van der Waals surface area contributed by atoms with Gasteiger partial charge in [-0.1, -0.05) is 57.0 Å². The van der Waals surface area contributed by atoms with Gasteiger partial charge in [0.2, 0.25) is 5.95 Å². The Morgan fingerprint density at radius 3 is 2.50 bits per heavy atom. The molecule has 58 heavy (non-hydrogen) atoms. The van der Waals surface area contributed by atoms with Crippen molar-refractivity contribution >= 4 is 57.4 Å². The van der Waals surface area contributed by atoms with E-state index in [-0.39, 0.29) is 0 Å². The van der Waals surface area contributed by atoms with Gasteiger partial charge in [-0.25, -0.2) is 4.98 Å². The zero-order chi connectivity index (χ0) is 40.9. The topological polar surface area (TPSA) is 92.7 Å². The molecular formula is C46H60ClN11. The van der Waals surface area contributed by atoms with E-state index in [0.717, 1.165) is 130 Å². The van der Waals surface area contributed by atoms with Crippen molar-refractivity contribution in [3.05, 3.63) is 114 Å². The monoisotopic (exact) mass is 801 g/mol. The number of hydrogen-bond donors (Lipinski definition) is 3. The molecule has 12 heteroatoms. The number of aryl methyl sites for hydroxylation is 1. The van der Waals surface area contributed by atoms with Crippen molar-refractivity contribution in [1.29, 1.82) is 0 Å². The highest BCUT2D eigenvalue weighted by molar-refractivity contribution is 6.32. The smallest absolute Gasteiger partial charge is 0.227 e. The SMILES string of the molecule is C=CNC(=C)CCC(C)c1nn(C)c2c(N3CCN(CC4CCN(c5ncc(Cl)c(Nc6ccc7c(c6)C=C(CCC(=C)NC)C(=C)N7C)n5)CC4)CC3)cccc12. The van der Waals surface area contributed by atoms with Crippen molar-refractivity contribution in [3.63, 3.8) is 0 Å². The molecule has 0 radical (unpaired) electrons. The number of hydrogen-bond acceptors (Lipinski definition) is 10. The number of fused-ring (bicyclic) bond motifs is 2. The molecule has 3 aliphatic rings. The van der Waals surface area contributed by atoms with Gasteiger partial charge in [-0.15, -0.1) is 0 Å². The van der Waals surface area contributed by atoms with Crippen LogP contribution >= 0.6 is 11.6 Å². The van der Waals surface area contributed by atoms with E-state index in [4.69, 9.17) is 21.7 Å². The van der Waals surface area contributed by atoms with Crippen LogP contribution in [0, 0.1) is 5.92 Å². The first-order valence-electron chi connectivity index (χ1n) is 20.7. The zero-order valence-corrected chi connectivity index (χ0v) is 35.6. The van der Waals surface area contributed by atoms with E-state index >= 15 is 0 Å². The van der Waals surface area contributed by atoms with Gasteiger partial charge in [0.1, 0.15) is 5.02 Å². The maximum absolute atomic E-state index is 6.67. The number of anilines is 5. The number of rotatable bonds is 16. The van der Waals surface area contributed by atoms with E-state index in [0.29, 0.717) is 22.7 Å². The number of nitrogens with one attached hydrogen (secondary N) is 3. The minimum atomic E-state index is 0.326. The molecule has 0 saturated carbocycles. The highest BCUT2D eigenvalue weighted by atomic mass is 35.5. The summed E-state index contributed by atoms with van der Waals surface area (Å²) in [5.74, 6) is 2.31. The molecule has 2 fully saturated rings. The molecule has 0 aliphatic carbocycles. The number of likely N-dealkylation sites (N-methyl/N-ethyl adjacent to an activating group) is 1. The van der Waals surface area contributed by atoms with Gasteiger partial charge in [0.25, 0.3) is 0 Å². The summed E-state index contributed by atoms with van der Waals surface area (Å²) in [6, 6.07) is 13.0. The molecule has 0 spiro atoms. The maximum Gasteiger partial charge on any atom is 0.227 e. The van der Waals surface area contributed by atoms with Crippen LogP contribution in [0.2, 0.25) is 5.02 Å². The average molecular weight is 803 g/mol. The summed E-state index contributed by atoms with van der Waals surface area (Å²) in [7, 11) is 6.06. The van der Waals surface area contributed by atoms with Gasteiger partial charge in [-0.2, -0.15) is 10.1 Å². The summed E-state index contributed by atoms with van der Waals surface area (Å²) in [5, 5.41) is 16.5. The molecule has 1 unspecified atom stereocenters. The lowest BCUT2D eigenvalue weighted by Crippen LogP contribution is -2.49. The Balaban J connectivity index is 0.923. The number of aromatic nitrogens is 4. The van der Waals surface area contributed by atoms with Crippen molar-refractivity contribution in [2.45, 2.75) is 51.4 Å². The molecular weight excluding hydrogens is 742 g/mol. The zero-order valence-electron chi connectivity index (χ0n) is 34.8. The first-order valence-corrected chi connectivity index (χ1v) is 21.1. The first kappa shape index (κ1) is 40.9. The maximum atomic E-state index is 6.67. The van der Waals surface area contributed by atoms with Gasteiger partial charge >= 0.3 is 0 Å². The van der Waals surface area contributed by atoms with Gasteiger partial charge in [-0.3, -0.25) is 9.58 Å². The highest BCUT2D eigenvalue weighted by Gasteiger charge is 2.27. The van der Waals surface area contributed by atoms with Gasteiger partial charge < -0.3 is 30.7 Å². The number of nitrogens with zero attached hydrogens (tertiary/aromatic N) is 8. The molecule has 1 atom stereocenters. The molecule has 306 valence electrons. The minimum Gasteiger partial charge on any atom is -0.392 e. The molecule has 3 N–H and O–H groups in total. The van der Waals surface area contributed by atoms with Crippen LogP contribution in [0.15, 0.2) is 97.8 Å². The van der Waals surface area contributed by atoms with Crippen molar-refractivity contribution in [2.24, 2.45) is 13.0 Å². The molecule has 0 amide bonds. The number of allylic oxidation sites excluding steroid dienone is 3. The van der Waals surface area contributed by atoms with Crippen molar-refractivity contribution in [1.82, 2.24) is 35.3 Å². The van der Waals surface area contributed by atoms with Crippen LogP contribution in [-0.2, 0) is 7.05 Å². The van der Waals surface area contributed by atoms with Crippen LogP contribution in [0.5, 0.6) is 0 Å². The van der Waals surface area contributed by atoms with Crippen LogP contribution < -0.4 is 30.7 Å². The summed E-state index contributed by atoms with van der Waals surface area (Å²) in [6.07, 6.45) is 11.5. The third-order valence-corrected chi connectivity index (χ3v) is 12.5. The number of halogens is 1. The van der Waals surface area contributed by atoms with E-state index in [1.807, 2.05) is 7.05 Å². The third kappa shape index (κ3) is 9.06.